The summed E-state index contributed by atoms with van der Waals surface area (Å²) in [6, 6.07) is 9.01. The number of hydrogen-bond acceptors (Lipinski definition) is 3. The van der Waals surface area contributed by atoms with Crippen LogP contribution in [0.4, 0.5) is 0 Å². The van der Waals surface area contributed by atoms with Crippen molar-refractivity contribution in [1.82, 2.24) is 9.55 Å². The van der Waals surface area contributed by atoms with E-state index in [2.05, 4.69) is 4.98 Å². The molecule has 2 aromatic rings. The van der Waals surface area contributed by atoms with Crippen LogP contribution in [-0.4, -0.2) is 26.7 Å². The average Bonchev–Trinajstić information content (AvgIpc) is 2.78. The molecule has 0 saturated carbocycles. The Morgan fingerprint density at radius 3 is 2.78 bits per heavy atom. The first kappa shape index (κ1) is 12.3. The summed E-state index contributed by atoms with van der Waals surface area (Å²) in [7, 11) is 0. The van der Waals surface area contributed by atoms with Crippen molar-refractivity contribution in [3.05, 3.63) is 54.1 Å². The van der Waals surface area contributed by atoms with Gasteiger partial charge < -0.3 is 15.4 Å². The monoisotopic (exact) mass is 245 g/mol. The van der Waals surface area contributed by atoms with E-state index in [4.69, 9.17) is 10.8 Å². The molecule has 0 fully saturated rings. The third-order valence-corrected chi connectivity index (χ3v) is 2.72. The van der Waals surface area contributed by atoms with Crippen LogP contribution in [0.25, 0.3) is 0 Å². The van der Waals surface area contributed by atoms with Gasteiger partial charge in [0.15, 0.2) is 0 Å². The zero-order valence-electron chi connectivity index (χ0n) is 9.86. The van der Waals surface area contributed by atoms with Crippen molar-refractivity contribution in [2.24, 2.45) is 5.73 Å². The molecule has 1 heterocycles. The minimum atomic E-state index is -1.01. The van der Waals surface area contributed by atoms with Gasteiger partial charge in [-0.1, -0.05) is 30.3 Å². The number of carboxylic acid groups (broad SMARTS) is 1. The number of hydrogen-bond donors (Lipinski definition) is 2. The Bertz CT molecular complexity index is 522. The molecule has 0 radical (unpaired) electrons. The van der Waals surface area contributed by atoms with Crippen molar-refractivity contribution in [2.75, 3.05) is 0 Å². The first-order chi connectivity index (χ1) is 8.66. The minimum Gasteiger partial charge on any atom is -0.480 e. The number of imidazole rings is 1. The van der Waals surface area contributed by atoms with Crippen LogP contribution in [-0.2, 0) is 17.8 Å². The molecule has 18 heavy (non-hydrogen) atoms. The van der Waals surface area contributed by atoms with Crippen molar-refractivity contribution in [3.63, 3.8) is 0 Å². The molecule has 0 spiro atoms. The topological polar surface area (TPSA) is 81.1 Å². The van der Waals surface area contributed by atoms with Crippen molar-refractivity contribution in [2.45, 2.75) is 19.0 Å². The van der Waals surface area contributed by atoms with Crippen molar-refractivity contribution >= 4 is 5.97 Å². The lowest BCUT2D eigenvalue weighted by Gasteiger charge is -2.10. The maximum absolute atomic E-state index is 10.7. The molecule has 0 saturated heterocycles. The molecule has 1 aromatic carbocycles. The molecule has 1 aromatic heterocycles. The lowest BCUT2D eigenvalue weighted by Crippen LogP contribution is -2.33. The highest BCUT2D eigenvalue weighted by Crippen LogP contribution is 2.07. The molecule has 0 aliphatic rings. The molecule has 1 atom stereocenters. The summed E-state index contributed by atoms with van der Waals surface area (Å²) in [6.45, 7) is 0.669. The van der Waals surface area contributed by atoms with Crippen molar-refractivity contribution in [1.29, 1.82) is 0 Å². The Morgan fingerprint density at radius 1 is 1.39 bits per heavy atom. The van der Waals surface area contributed by atoms with Crippen LogP contribution < -0.4 is 5.73 Å². The quantitative estimate of drug-likeness (QED) is 0.819. The normalized spacial score (nSPS) is 12.3. The van der Waals surface area contributed by atoms with Gasteiger partial charge in [0.25, 0.3) is 0 Å². The molecule has 3 N–H and O–H groups in total. The largest absolute Gasteiger partial charge is 0.480 e. The molecule has 5 heteroatoms. The summed E-state index contributed by atoms with van der Waals surface area (Å²) in [5.41, 5.74) is 6.66. The third kappa shape index (κ3) is 2.95. The molecule has 0 unspecified atom stereocenters. The Kier molecular flexibility index (Phi) is 3.74. The Labute approximate surface area is 105 Å². The van der Waals surface area contributed by atoms with E-state index in [-0.39, 0.29) is 6.42 Å². The summed E-state index contributed by atoms with van der Waals surface area (Å²) >= 11 is 0. The molecule has 2 rings (SSSR count). The summed E-state index contributed by atoms with van der Waals surface area (Å²) in [5, 5.41) is 8.80. The van der Waals surface area contributed by atoms with Gasteiger partial charge in [-0.15, -0.1) is 0 Å². The van der Waals surface area contributed by atoms with E-state index in [0.717, 1.165) is 5.56 Å². The Hall–Kier alpha value is -2.14. The highest BCUT2D eigenvalue weighted by molar-refractivity contribution is 5.73. The number of carbonyl (C=O) groups is 1. The number of nitrogens with two attached hydrogens (primary N) is 1. The highest BCUT2D eigenvalue weighted by atomic mass is 16.4. The fourth-order valence-corrected chi connectivity index (χ4v) is 1.74. The van der Waals surface area contributed by atoms with Gasteiger partial charge in [0.2, 0.25) is 0 Å². The molecule has 0 amide bonds. The second kappa shape index (κ2) is 5.46. The van der Waals surface area contributed by atoms with E-state index < -0.39 is 12.0 Å². The third-order valence-electron chi connectivity index (χ3n) is 2.72. The van der Waals surface area contributed by atoms with Crippen LogP contribution >= 0.6 is 0 Å². The second-order valence-electron chi connectivity index (χ2n) is 4.11. The average molecular weight is 245 g/mol. The van der Waals surface area contributed by atoms with Gasteiger partial charge in [0.05, 0.1) is 0 Å². The zero-order chi connectivity index (χ0) is 13.0. The number of nitrogens with zero attached hydrogens (tertiary/aromatic N) is 2. The van der Waals surface area contributed by atoms with E-state index in [9.17, 15) is 4.79 Å². The molecular weight excluding hydrogens is 230 g/mol. The van der Waals surface area contributed by atoms with E-state index in [0.29, 0.717) is 12.4 Å². The Balaban J connectivity index is 2.11. The number of carboxylic acids is 1. The van der Waals surface area contributed by atoms with Gasteiger partial charge in [0.1, 0.15) is 11.9 Å². The van der Waals surface area contributed by atoms with Crippen LogP contribution in [0.15, 0.2) is 42.7 Å². The van der Waals surface area contributed by atoms with Gasteiger partial charge >= 0.3 is 5.97 Å². The van der Waals surface area contributed by atoms with Crippen LogP contribution in [0.2, 0.25) is 0 Å². The maximum Gasteiger partial charge on any atom is 0.320 e. The lowest BCUT2D eigenvalue weighted by molar-refractivity contribution is -0.138. The van der Waals surface area contributed by atoms with E-state index in [1.54, 1.807) is 6.20 Å². The van der Waals surface area contributed by atoms with Gasteiger partial charge in [0, 0.05) is 25.4 Å². The van der Waals surface area contributed by atoms with E-state index in [1.807, 2.05) is 41.1 Å². The van der Waals surface area contributed by atoms with Crippen molar-refractivity contribution < 1.29 is 9.90 Å². The van der Waals surface area contributed by atoms with Gasteiger partial charge in [-0.3, -0.25) is 4.79 Å². The van der Waals surface area contributed by atoms with E-state index >= 15 is 0 Å². The van der Waals surface area contributed by atoms with Gasteiger partial charge in [-0.2, -0.15) is 0 Å². The highest BCUT2D eigenvalue weighted by Gasteiger charge is 2.15. The number of rotatable bonds is 5. The molecule has 0 bridgehead atoms. The fourth-order valence-electron chi connectivity index (χ4n) is 1.74. The molecular formula is C13H15N3O2. The molecule has 94 valence electrons. The standard InChI is InChI=1S/C13H15N3O2/c14-11(13(17)18)8-12-15-6-7-16(12)9-10-4-2-1-3-5-10/h1-7,11H,8-9,14H2,(H,17,18)/t11-/m0/s1. The Morgan fingerprint density at radius 2 is 2.11 bits per heavy atom. The summed E-state index contributed by atoms with van der Waals surface area (Å²) in [5.74, 6) is -0.321. The second-order valence-corrected chi connectivity index (χ2v) is 4.11. The maximum atomic E-state index is 10.7. The van der Waals surface area contributed by atoms with E-state index in [1.165, 1.54) is 0 Å². The van der Waals surface area contributed by atoms with Crippen LogP contribution in [0, 0.1) is 0 Å². The number of aliphatic carboxylic acids is 1. The predicted molar refractivity (Wildman–Crippen MR) is 67.1 cm³/mol. The summed E-state index contributed by atoms with van der Waals surface area (Å²) in [4.78, 5) is 14.9. The fraction of sp³-hybridized carbons (Fsp3) is 0.231. The summed E-state index contributed by atoms with van der Waals surface area (Å²) in [6.07, 6.45) is 3.72. The van der Waals surface area contributed by atoms with Crippen molar-refractivity contribution in [3.8, 4) is 0 Å². The van der Waals surface area contributed by atoms with Gasteiger partial charge in [-0.25, -0.2) is 4.98 Å². The number of aromatic nitrogens is 2. The zero-order valence-corrected chi connectivity index (χ0v) is 9.86. The predicted octanol–water partition coefficient (Wildman–Crippen LogP) is 0.886. The smallest absolute Gasteiger partial charge is 0.320 e. The molecule has 0 aliphatic carbocycles. The van der Waals surface area contributed by atoms with Gasteiger partial charge in [-0.05, 0) is 5.56 Å². The SMILES string of the molecule is N[C@@H](Cc1nccn1Cc1ccccc1)C(=O)O. The molecule has 0 aliphatic heterocycles. The molecule has 5 nitrogen and oxygen atoms in total. The lowest BCUT2D eigenvalue weighted by atomic mass is 10.2. The summed E-state index contributed by atoms with van der Waals surface area (Å²) < 4.78 is 1.91. The van der Waals surface area contributed by atoms with Crippen LogP contribution in [0.3, 0.4) is 0 Å². The number of benzene rings is 1. The first-order valence-corrected chi connectivity index (χ1v) is 5.69. The minimum absolute atomic E-state index is 0.231. The van der Waals surface area contributed by atoms with Crippen LogP contribution in [0.5, 0.6) is 0 Å². The van der Waals surface area contributed by atoms with Crippen LogP contribution in [0.1, 0.15) is 11.4 Å². The first-order valence-electron chi connectivity index (χ1n) is 5.69.